The maximum Gasteiger partial charge on any atom is 0.159 e. The minimum Gasteiger partial charge on any atom is -0.369 e. The van der Waals surface area contributed by atoms with Gasteiger partial charge in [0.25, 0.3) is 0 Å². The average Bonchev–Trinajstić information content (AvgIpc) is 3.53. The lowest BCUT2D eigenvalue weighted by Gasteiger charge is -2.35. The summed E-state index contributed by atoms with van der Waals surface area (Å²) in [6.45, 7) is 9.06. The van der Waals surface area contributed by atoms with E-state index in [1.807, 2.05) is 26.8 Å². The van der Waals surface area contributed by atoms with Crippen molar-refractivity contribution < 1.29 is 13.5 Å². The standard InChI is InChI=1S/C22H30F2N2O/c1-4-15-11-19(23)20(24)12-18(15)16(5-2)14-26(17-7-8-17)21(6-3)22-13-25-9-10-27-22/h5-6,11-12,17,22,25H,4,7-10,13-14H2,1-3H3/b16-5-,21-6-. The van der Waals surface area contributed by atoms with Gasteiger partial charge in [-0.3, -0.25) is 0 Å². The molecule has 1 saturated carbocycles. The molecule has 3 rings (SSSR count). The summed E-state index contributed by atoms with van der Waals surface area (Å²) >= 11 is 0. The first-order valence-corrected chi connectivity index (χ1v) is 9.97. The van der Waals surface area contributed by atoms with Crippen LogP contribution in [-0.2, 0) is 11.2 Å². The van der Waals surface area contributed by atoms with E-state index in [0.717, 1.165) is 42.6 Å². The molecule has 27 heavy (non-hydrogen) atoms. The average molecular weight is 376 g/mol. The van der Waals surface area contributed by atoms with Crippen LogP contribution in [0, 0.1) is 11.6 Å². The van der Waals surface area contributed by atoms with Crippen molar-refractivity contribution in [3.8, 4) is 0 Å². The van der Waals surface area contributed by atoms with Crippen LogP contribution in [0.5, 0.6) is 0 Å². The fourth-order valence-corrected chi connectivity index (χ4v) is 3.80. The van der Waals surface area contributed by atoms with Gasteiger partial charge in [0.15, 0.2) is 11.6 Å². The number of aryl methyl sites for hydroxylation is 1. The van der Waals surface area contributed by atoms with E-state index in [1.54, 1.807) is 0 Å². The van der Waals surface area contributed by atoms with Crippen LogP contribution in [-0.4, -0.2) is 43.3 Å². The highest BCUT2D eigenvalue weighted by Gasteiger charge is 2.34. The third-order valence-corrected chi connectivity index (χ3v) is 5.43. The summed E-state index contributed by atoms with van der Waals surface area (Å²) in [5, 5.41) is 3.40. The van der Waals surface area contributed by atoms with Crippen molar-refractivity contribution in [2.45, 2.75) is 52.2 Å². The molecule has 1 aromatic carbocycles. The highest BCUT2D eigenvalue weighted by atomic mass is 19.2. The number of morpholine rings is 1. The first-order chi connectivity index (χ1) is 13.1. The van der Waals surface area contributed by atoms with Gasteiger partial charge < -0.3 is 15.0 Å². The third kappa shape index (κ3) is 4.58. The lowest BCUT2D eigenvalue weighted by Crippen LogP contribution is -2.44. The van der Waals surface area contributed by atoms with Crippen LogP contribution in [0.3, 0.4) is 0 Å². The number of nitrogens with zero attached hydrogens (tertiary/aromatic N) is 1. The van der Waals surface area contributed by atoms with Crippen molar-refractivity contribution in [1.29, 1.82) is 0 Å². The molecular weight excluding hydrogens is 346 g/mol. The molecule has 1 aromatic rings. The number of nitrogens with one attached hydrogen (secondary N) is 1. The Labute approximate surface area is 161 Å². The zero-order valence-electron chi connectivity index (χ0n) is 16.5. The van der Waals surface area contributed by atoms with E-state index in [9.17, 15) is 8.78 Å². The van der Waals surface area contributed by atoms with E-state index in [0.29, 0.717) is 25.6 Å². The van der Waals surface area contributed by atoms with Crippen LogP contribution in [0.15, 0.2) is 30.0 Å². The van der Waals surface area contributed by atoms with Crippen LogP contribution in [0.2, 0.25) is 0 Å². The van der Waals surface area contributed by atoms with Crippen molar-refractivity contribution in [2.24, 2.45) is 0 Å². The third-order valence-electron chi connectivity index (χ3n) is 5.43. The first kappa shape index (κ1) is 20.0. The van der Waals surface area contributed by atoms with Crippen LogP contribution < -0.4 is 5.32 Å². The largest absolute Gasteiger partial charge is 0.369 e. The second-order valence-corrected chi connectivity index (χ2v) is 7.23. The number of ether oxygens (including phenoxy) is 1. The number of benzene rings is 1. The minimum atomic E-state index is -0.786. The molecular formula is C22H30F2N2O. The van der Waals surface area contributed by atoms with E-state index in [4.69, 9.17) is 4.74 Å². The lowest BCUT2D eigenvalue weighted by atomic mass is 9.96. The van der Waals surface area contributed by atoms with E-state index in [1.165, 1.54) is 17.8 Å². The van der Waals surface area contributed by atoms with Crippen LogP contribution >= 0.6 is 0 Å². The second kappa shape index (κ2) is 8.98. The van der Waals surface area contributed by atoms with Crippen molar-refractivity contribution in [2.75, 3.05) is 26.2 Å². The number of halogens is 2. The molecule has 1 saturated heterocycles. The Bertz CT molecular complexity index is 719. The highest BCUT2D eigenvalue weighted by Crippen LogP contribution is 2.35. The second-order valence-electron chi connectivity index (χ2n) is 7.23. The maximum atomic E-state index is 14.0. The van der Waals surface area contributed by atoms with Gasteiger partial charge in [-0.1, -0.05) is 19.1 Å². The number of rotatable bonds is 7. The molecule has 1 atom stereocenters. The van der Waals surface area contributed by atoms with Crippen LogP contribution in [0.4, 0.5) is 8.78 Å². The highest BCUT2D eigenvalue weighted by molar-refractivity contribution is 5.70. The Kier molecular flexibility index (Phi) is 6.66. The predicted molar refractivity (Wildman–Crippen MR) is 105 cm³/mol. The monoisotopic (exact) mass is 376 g/mol. The lowest BCUT2D eigenvalue weighted by molar-refractivity contribution is 0.0335. The molecule has 5 heteroatoms. The molecule has 2 aliphatic rings. The summed E-state index contributed by atoms with van der Waals surface area (Å²) in [5.74, 6) is -1.56. The summed E-state index contributed by atoms with van der Waals surface area (Å²) in [7, 11) is 0. The van der Waals surface area contributed by atoms with Crippen LogP contribution in [0.1, 0.15) is 44.7 Å². The summed E-state index contributed by atoms with van der Waals surface area (Å²) in [5.41, 5.74) is 3.86. The van der Waals surface area contributed by atoms with Gasteiger partial charge in [-0.2, -0.15) is 0 Å². The van der Waals surface area contributed by atoms with E-state index < -0.39 is 11.6 Å². The Morgan fingerprint density at radius 2 is 1.96 bits per heavy atom. The summed E-state index contributed by atoms with van der Waals surface area (Å²) < 4.78 is 33.7. The normalized spacial score (nSPS) is 21.4. The maximum absolute atomic E-state index is 14.0. The molecule has 0 radical (unpaired) electrons. The summed E-state index contributed by atoms with van der Waals surface area (Å²) in [6.07, 6.45) is 7.18. The molecule has 1 aliphatic carbocycles. The molecule has 0 bridgehead atoms. The van der Waals surface area contributed by atoms with Gasteiger partial charge >= 0.3 is 0 Å². The Balaban J connectivity index is 1.88. The Morgan fingerprint density at radius 3 is 2.52 bits per heavy atom. The van der Waals surface area contributed by atoms with Crippen molar-refractivity contribution in [3.63, 3.8) is 0 Å². The smallest absolute Gasteiger partial charge is 0.159 e. The fraction of sp³-hybridized carbons (Fsp3) is 0.545. The molecule has 1 aliphatic heterocycles. The molecule has 0 spiro atoms. The molecule has 2 fully saturated rings. The van der Waals surface area contributed by atoms with Gasteiger partial charge in [0.1, 0.15) is 6.10 Å². The van der Waals surface area contributed by atoms with Gasteiger partial charge in [0.2, 0.25) is 0 Å². The summed E-state index contributed by atoms with van der Waals surface area (Å²) in [6, 6.07) is 3.18. The fourth-order valence-electron chi connectivity index (χ4n) is 3.80. The quantitative estimate of drug-likeness (QED) is 0.768. The Morgan fingerprint density at radius 1 is 1.22 bits per heavy atom. The molecule has 148 valence electrons. The van der Waals surface area contributed by atoms with E-state index >= 15 is 0 Å². The number of hydrogen-bond acceptors (Lipinski definition) is 3. The zero-order chi connectivity index (χ0) is 19.4. The molecule has 3 nitrogen and oxygen atoms in total. The topological polar surface area (TPSA) is 24.5 Å². The first-order valence-electron chi connectivity index (χ1n) is 9.97. The number of hydrogen-bond donors (Lipinski definition) is 1. The van der Waals surface area contributed by atoms with Crippen molar-refractivity contribution in [1.82, 2.24) is 10.2 Å². The Hall–Kier alpha value is -1.72. The van der Waals surface area contributed by atoms with Gasteiger partial charge in [-0.25, -0.2) is 8.78 Å². The molecule has 0 amide bonds. The van der Waals surface area contributed by atoms with E-state index in [-0.39, 0.29) is 6.10 Å². The number of allylic oxidation sites excluding steroid dienone is 2. The molecule has 1 unspecified atom stereocenters. The van der Waals surface area contributed by atoms with Crippen molar-refractivity contribution >= 4 is 5.57 Å². The van der Waals surface area contributed by atoms with Crippen molar-refractivity contribution in [3.05, 3.63) is 52.7 Å². The van der Waals surface area contributed by atoms with Crippen LogP contribution in [0.25, 0.3) is 5.57 Å². The van der Waals surface area contributed by atoms with Gasteiger partial charge in [0.05, 0.1) is 6.61 Å². The van der Waals surface area contributed by atoms with Gasteiger partial charge in [-0.15, -0.1) is 0 Å². The zero-order valence-corrected chi connectivity index (χ0v) is 16.5. The molecule has 1 N–H and O–H groups in total. The van der Waals surface area contributed by atoms with E-state index in [2.05, 4.69) is 16.3 Å². The summed E-state index contributed by atoms with van der Waals surface area (Å²) in [4.78, 5) is 2.40. The molecule has 1 heterocycles. The molecule has 0 aromatic heterocycles. The van der Waals surface area contributed by atoms with Gasteiger partial charge in [-0.05, 0) is 61.9 Å². The predicted octanol–water partition coefficient (Wildman–Crippen LogP) is 4.29. The van der Waals surface area contributed by atoms with Gasteiger partial charge in [0, 0.05) is 31.4 Å². The SMILES string of the molecule is C/C=C(/C1CNCCO1)N(C/C(=C/C)c1cc(F)c(F)cc1CC)C1CC1. The minimum absolute atomic E-state index is 0.0399.